The fourth-order valence-electron chi connectivity index (χ4n) is 6.44. The number of nitriles is 2. The number of aromatic nitrogens is 4. The number of fused-ring (bicyclic) bond motifs is 8. The number of hydrogen-bond acceptors (Lipinski definition) is 4. The van der Waals surface area contributed by atoms with Gasteiger partial charge in [-0.05, 0) is 135 Å². The molecule has 2 N–H and O–H groups in total. The molecule has 0 saturated carbocycles. The molecule has 0 fully saturated rings. The van der Waals surface area contributed by atoms with E-state index in [2.05, 4.69) is 87.9 Å². The predicted octanol–water partition coefficient (Wildman–Crippen LogP) is 9.31. The molecule has 3 aromatic rings. The summed E-state index contributed by atoms with van der Waals surface area (Å²) in [6, 6.07) is 13.4. The molecule has 0 aromatic carbocycles. The van der Waals surface area contributed by atoms with Crippen LogP contribution in [0.5, 0.6) is 0 Å². The Labute approximate surface area is 248 Å². The van der Waals surface area contributed by atoms with Crippen molar-refractivity contribution in [3.63, 3.8) is 0 Å². The molecule has 0 saturated heterocycles. The zero-order valence-corrected chi connectivity index (χ0v) is 25.8. The normalized spacial score (nSPS) is 13.0. The smallest absolute Gasteiger partial charge is 0.0693 e. The Morgan fingerprint density at radius 3 is 1.67 bits per heavy atom. The summed E-state index contributed by atoms with van der Waals surface area (Å²) in [6.07, 6.45) is 6.09. The van der Waals surface area contributed by atoms with Crippen LogP contribution in [0, 0.1) is 36.5 Å². The minimum Gasteiger partial charge on any atom is -0.355 e. The van der Waals surface area contributed by atoms with Crippen LogP contribution >= 0.6 is 0 Å². The van der Waals surface area contributed by atoms with E-state index in [1.165, 1.54) is 39.0 Å². The van der Waals surface area contributed by atoms with Gasteiger partial charge in [0.15, 0.2) is 0 Å². The Morgan fingerprint density at radius 2 is 1.07 bits per heavy atom. The number of unbranched alkanes of at least 4 members (excludes halogenated alkanes) is 2. The highest BCUT2D eigenvalue weighted by atomic mass is 14.8. The Bertz CT molecular complexity index is 1860. The maximum Gasteiger partial charge on any atom is 0.0693 e. The lowest BCUT2D eigenvalue weighted by Crippen LogP contribution is -1.88. The van der Waals surface area contributed by atoms with Crippen molar-refractivity contribution in [2.75, 3.05) is 0 Å². The second kappa shape index (κ2) is 12.2. The fraction of sp³-hybridized carbons (Fsp3) is 0.389. The molecule has 0 amide bonds. The first-order valence-corrected chi connectivity index (χ1v) is 15.2. The molecule has 6 nitrogen and oxygen atoms in total. The molecular weight excluding hydrogens is 516 g/mol. The van der Waals surface area contributed by atoms with Crippen LogP contribution in [0.2, 0.25) is 0 Å². The number of H-pyrrole nitrogens is 2. The van der Waals surface area contributed by atoms with Crippen molar-refractivity contribution in [3.8, 4) is 12.1 Å². The van der Waals surface area contributed by atoms with Gasteiger partial charge in [-0.2, -0.15) is 10.5 Å². The lowest BCUT2D eigenvalue weighted by molar-refractivity contribution is 0.852. The zero-order valence-electron chi connectivity index (χ0n) is 25.8. The van der Waals surface area contributed by atoms with Crippen LogP contribution in [0.25, 0.3) is 44.4 Å². The number of nitrogens with one attached hydrogen (secondary N) is 2. The highest BCUT2D eigenvalue weighted by Gasteiger charge is 2.20. The monoisotopic (exact) mass is 556 g/mol. The van der Waals surface area contributed by atoms with Crippen molar-refractivity contribution in [1.29, 1.82) is 10.5 Å². The van der Waals surface area contributed by atoms with E-state index in [0.717, 1.165) is 88.9 Å². The highest BCUT2D eigenvalue weighted by Crippen LogP contribution is 2.37. The van der Waals surface area contributed by atoms with E-state index in [9.17, 15) is 10.5 Å². The Hall–Kier alpha value is -4.42. The predicted molar refractivity (Wildman–Crippen MR) is 173 cm³/mol. The van der Waals surface area contributed by atoms with Gasteiger partial charge in [0.1, 0.15) is 0 Å². The van der Waals surface area contributed by atoms with E-state index in [0.29, 0.717) is 12.8 Å². The summed E-state index contributed by atoms with van der Waals surface area (Å²) >= 11 is 0. The number of hydrogen-bond donors (Lipinski definition) is 2. The van der Waals surface area contributed by atoms with E-state index in [1.807, 2.05) is 0 Å². The lowest BCUT2D eigenvalue weighted by Gasteiger charge is -2.03. The summed E-state index contributed by atoms with van der Waals surface area (Å²) in [5, 5.41) is 18.4. The molecule has 42 heavy (non-hydrogen) atoms. The van der Waals surface area contributed by atoms with Gasteiger partial charge in [-0.15, -0.1) is 0 Å². The molecule has 0 atom stereocenters. The van der Waals surface area contributed by atoms with Gasteiger partial charge >= 0.3 is 0 Å². The van der Waals surface area contributed by atoms with Gasteiger partial charge in [-0.3, -0.25) is 0 Å². The van der Waals surface area contributed by atoms with Crippen molar-refractivity contribution in [2.45, 2.75) is 92.9 Å². The first kappa shape index (κ1) is 29.1. The first-order chi connectivity index (χ1) is 20.3. The van der Waals surface area contributed by atoms with Crippen LogP contribution in [-0.4, -0.2) is 19.9 Å². The number of nitrogens with zero attached hydrogens (tertiary/aromatic N) is 4. The van der Waals surface area contributed by atoms with E-state index >= 15 is 0 Å². The van der Waals surface area contributed by atoms with Crippen LogP contribution in [0.3, 0.4) is 0 Å². The van der Waals surface area contributed by atoms with Gasteiger partial charge in [0.05, 0.1) is 34.9 Å². The van der Waals surface area contributed by atoms with E-state index in [-0.39, 0.29) is 0 Å². The van der Waals surface area contributed by atoms with Crippen molar-refractivity contribution >= 4 is 44.4 Å². The van der Waals surface area contributed by atoms with Crippen LogP contribution < -0.4 is 0 Å². The van der Waals surface area contributed by atoms with Gasteiger partial charge in [-0.1, -0.05) is 13.8 Å². The topological polar surface area (TPSA) is 105 Å². The second-order valence-electron chi connectivity index (χ2n) is 11.4. The number of rotatable bonds is 8. The molecule has 0 radical (unpaired) electrons. The second-order valence-corrected chi connectivity index (χ2v) is 11.4. The standard InChI is InChI=1S/C36H40N6/c1-7-25-21(3)29-17-30-23(5)27(13-9-11-15-37)35(41-30)20-36-28(14-10-12-16-38)24(6)32(42-36)19-34-26(8-2)22(4)31(40-34)18-33(25)39-29/h17-20,39,42H,7-14H2,1-6H3. The summed E-state index contributed by atoms with van der Waals surface area (Å²) in [7, 11) is 0. The quantitative estimate of drug-likeness (QED) is 0.270. The average molecular weight is 557 g/mol. The Balaban J connectivity index is 1.90. The largest absolute Gasteiger partial charge is 0.355 e. The minimum atomic E-state index is 0.520. The Kier molecular flexibility index (Phi) is 8.46. The van der Waals surface area contributed by atoms with Crippen LogP contribution in [0.15, 0.2) is 24.3 Å². The first-order valence-electron chi connectivity index (χ1n) is 15.2. The molecule has 5 heterocycles. The molecule has 5 rings (SSSR count). The molecule has 2 aliphatic heterocycles. The third-order valence-electron chi connectivity index (χ3n) is 8.94. The molecule has 214 valence electrons. The third kappa shape index (κ3) is 5.30. The zero-order chi connectivity index (χ0) is 30.0. The van der Waals surface area contributed by atoms with Gasteiger partial charge in [-0.25, -0.2) is 9.97 Å². The maximum atomic E-state index is 9.22. The molecule has 2 aliphatic rings. The van der Waals surface area contributed by atoms with Crippen LogP contribution in [-0.2, 0) is 12.8 Å². The molecule has 0 spiro atoms. The molecule has 3 aromatic heterocycles. The maximum absolute atomic E-state index is 9.22. The van der Waals surface area contributed by atoms with E-state index in [4.69, 9.17) is 9.97 Å². The van der Waals surface area contributed by atoms with Crippen LogP contribution in [0.1, 0.15) is 111 Å². The lowest BCUT2D eigenvalue weighted by atomic mass is 9.99. The van der Waals surface area contributed by atoms with Gasteiger partial charge in [0, 0.05) is 34.9 Å². The van der Waals surface area contributed by atoms with Crippen molar-refractivity contribution in [2.24, 2.45) is 0 Å². The van der Waals surface area contributed by atoms with Crippen LogP contribution in [0.4, 0.5) is 0 Å². The van der Waals surface area contributed by atoms with Crippen molar-refractivity contribution in [1.82, 2.24) is 19.9 Å². The van der Waals surface area contributed by atoms with E-state index < -0.39 is 0 Å². The number of allylic oxidation sites excluding steroid dienone is 4. The summed E-state index contributed by atoms with van der Waals surface area (Å²) < 4.78 is 0. The van der Waals surface area contributed by atoms with Gasteiger partial charge in [0.25, 0.3) is 0 Å². The molecule has 0 unspecified atom stereocenters. The third-order valence-corrected chi connectivity index (χ3v) is 8.94. The van der Waals surface area contributed by atoms with Crippen molar-refractivity contribution < 1.29 is 0 Å². The Morgan fingerprint density at radius 1 is 0.595 bits per heavy atom. The number of aryl methyl sites for hydroxylation is 4. The number of aromatic amines is 2. The van der Waals surface area contributed by atoms with Crippen molar-refractivity contribution in [3.05, 3.63) is 69.3 Å². The van der Waals surface area contributed by atoms with E-state index in [1.54, 1.807) is 0 Å². The highest BCUT2D eigenvalue weighted by molar-refractivity contribution is 5.94. The molecule has 0 aliphatic carbocycles. The minimum absolute atomic E-state index is 0.520. The summed E-state index contributed by atoms with van der Waals surface area (Å²) in [5.41, 5.74) is 18.0. The molecule has 8 bridgehead atoms. The van der Waals surface area contributed by atoms with Gasteiger partial charge < -0.3 is 9.97 Å². The SMILES string of the molecule is CCC1=C(C)c2cc3[nH]c(cc4nc(cc5[nH]c(cc1n2)c(C)c5CCCC#N)C(CCCC#N)=C4C)c(C)c3CC. The average Bonchev–Trinajstić information content (AvgIpc) is 3.63. The fourth-order valence-corrected chi connectivity index (χ4v) is 6.44. The summed E-state index contributed by atoms with van der Waals surface area (Å²) in [5.74, 6) is 0. The summed E-state index contributed by atoms with van der Waals surface area (Å²) in [6.45, 7) is 13.1. The van der Waals surface area contributed by atoms with Gasteiger partial charge in [0.2, 0.25) is 0 Å². The summed E-state index contributed by atoms with van der Waals surface area (Å²) in [4.78, 5) is 17.8. The molecular formula is C36H40N6. The molecule has 6 heteroatoms.